The molecule has 1 fully saturated rings. The maximum Gasteiger partial charge on any atom is 0.317 e. The predicted molar refractivity (Wildman–Crippen MR) is 64.8 cm³/mol. The number of carboxylic acid groups (broad SMARTS) is 1. The number of hydrogen-bond donors (Lipinski definition) is 3. The van der Waals surface area contributed by atoms with Crippen LogP contribution in [0.2, 0.25) is 0 Å². The van der Waals surface area contributed by atoms with Gasteiger partial charge in [0.1, 0.15) is 5.92 Å². The minimum atomic E-state index is -0.992. The van der Waals surface area contributed by atoms with Crippen LogP contribution in [0.4, 0.5) is 4.79 Å². The van der Waals surface area contributed by atoms with Gasteiger partial charge < -0.3 is 29.9 Å². The molecule has 2 unspecified atom stereocenters. The van der Waals surface area contributed by atoms with E-state index in [9.17, 15) is 9.59 Å². The lowest BCUT2D eigenvalue weighted by Crippen LogP contribution is -2.50. The maximum atomic E-state index is 12.0. The molecule has 1 aliphatic heterocycles. The van der Waals surface area contributed by atoms with Crippen LogP contribution in [0.15, 0.2) is 0 Å². The highest BCUT2D eigenvalue weighted by molar-refractivity contribution is 5.77. The first-order valence-electron chi connectivity index (χ1n) is 6.06. The van der Waals surface area contributed by atoms with Crippen LogP contribution in [0, 0.1) is 5.92 Å². The monoisotopic (exact) mass is 276 g/mol. The number of nitrogens with one attached hydrogen (secondary N) is 1. The number of amides is 2. The second kappa shape index (κ2) is 7.93. The summed E-state index contributed by atoms with van der Waals surface area (Å²) in [6, 6.07) is -0.971. The Morgan fingerprint density at radius 3 is 2.74 bits per heavy atom. The summed E-state index contributed by atoms with van der Waals surface area (Å²) in [7, 11) is 1.51. The molecular formula is C11H20N2O6. The highest BCUT2D eigenvalue weighted by atomic mass is 16.5. The molecule has 0 bridgehead atoms. The molecule has 0 spiro atoms. The second-order valence-electron chi connectivity index (χ2n) is 4.24. The Bertz CT molecular complexity index is 312. The third-order valence-corrected chi connectivity index (χ3v) is 2.93. The molecule has 1 aliphatic rings. The van der Waals surface area contributed by atoms with E-state index in [0.29, 0.717) is 13.2 Å². The SMILES string of the molecule is COCCN(CCO)C(=O)NC1COCC1C(=O)O. The largest absolute Gasteiger partial charge is 0.481 e. The molecule has 8 nitrogen and oxygen atoms in total. The number of ether oxygens (including phenoxy) is 2. The predicted octanol–water partition coefficient (Wildman–Crippen LogP) is -1.26. The van der Waals surface area contributed by atoms with Crippen LogP contribution in [0.25, 0.3) is 0 Å². The van der Waals surface area contributed by atoms with E-state index >= 15 is 0 Å². The van der Waals surface area contributed by atoms with Gasteiger partial charge in [-0.3, -0.25) is 4.79 Å². The third kappa shape index (κ3) is 4.66. The smallest absolute Gasteiger partial charge is 0.317 e. The lowest BCUT2D eigenvalue weighted by molar-refractivity contribution is -0.142. The maximum absolute atomic E-state index is 12.0. The Morgan fingerprint density at radius 2 is 2.16 bits per heavy atom. The molecule has 1 saturated heterocycles. The summed E-state index contributed by atoms with van der Waals surface area (Å²) < 4.78 is 9.94. The number of urea groups is 1. The van der Waals surface area contributed by atoms with Crippen LogP contribution in [0.3, 0.4) is 0 Å². The van der Waals surface area contributed by atoms with Crippen molar-refractivity contribution in [2.45, 2.75) is 6.04 Å². The first kappa shape index (κ1) is 15.7. The molecule has 2 amide bonds. The zero-order valence-corrected chi connectivity index (χ0v) is 10.9. The quantitative estimate of drug-likeness (QED) is 0.535. The third-order valence-electron chi connectivity index (χ3n) is 2.93. The van der Waals surface area contributed by atoms with Crippen molar-refractivity contribution in [1.29, 1.82) is 0 Å². The molecule has 0 radical (unpaired) electrons. The van der Waals surface area contributed by atoms with Crippen molar-refractivity contribution in [3.05, 3.63) is 0 Å². The molecule has 2 atom stereocenters. The van der Waals surface area contributed by atoms with Gasteiger partial charge >= 0.3 is 12.0 Å². The van der Waals surface area contributed by atoms with Crippen molar-refractivity contribution in [3.8, 4) is 0 Å². The molecule has 0 aromatic heterocycles. The fourth-order valence-electron chi connectivity index (χ4n) is 1.83. The normalized spacial score (nSPS) is 22.2. The first-order chi connectivity index (χ1) is 9.10. The van der Waals surface area contributed by atoms with Crippen LogP contribution in [-0.2, 0) is 14.3 Å². The van der Waals surface area contributed by atoms with Gasteiger partial charge in [-0.15, -0.1) is 0 Å². The fraction of sp³-hybridized carbons (Fsp3) is 0.818. The van der Waals surface area contributed by atoms with E-state index in [1.54, 1.807) is 0 Å². The van der Waals surface area contributed by atoms with Crippen LogP contribution in [0.1, 0.15) is 0 Å². The average Bonchev–Trinajstić information content (AvgIpc) is 2.82. The highest BCUT2D eigenvalue weighted by Gasteiger charge is 2.35. The Balaban J connectivity index is 2.52. The molecule has 1 rings (SSSR count). The van der Waals surface area contributed by atoms with E-state index in [2.05, 4.69) is 5.32 Å². The number of nitrogens with zero attached hydrogens (tertiary/aromatic N) is 1. The Morgan fingerprint density at radius 1 is 1.42 bits per heavy atom. The summed E-state index contributed by atoms with van der Waals surface area (Å²) in [5, 5.41) is 20.5. The van der Waals surface area contributed by atoms with Crippen LogP contribution < -0.4 is 5.32 Å². The first-order valence-corrected chi connectivity index (χ1v) is 6.06. The summed E-state index contributed by atoms with van der Waals surface area (Å²) in [5.41, 5.74) is 0. The molecule has 0 aromatic rings. The van der Waals surface area contributed by atoms with E-state index in [1.807, 2.05) is 0 Å². The number of carbonyl (C=O) groups is 2. The molecular weight excluding hydrogens is 256 g/mol. The zero-order chi connectivity index (χ0) is 14.3. The molecule has 1 heterocycles. The Hall–Kier alpha value is -1.38. The van der Waals surface area contributed by atoms with Crippen LogP contribution in [-0.4, -0.2) is 79.8 Å². The number of methoxy groups -OCH3 is 1. The van der Waals surface area contributed by atoms with Gasteiger partial charge in [0.25, 0.3) is 0 Å². The average molecular weight is 276 g/mol. The van der Waals surface area contributed by atoms with Crippen molar-refractivity contribution in [2.24, 2.45) is 5.92 Å². The number of rotatable bonds is 7. The zero-order valence-electron chi connectivity index (χ0n) is 10.9. The van der Waals surface area contributed by atoms with Crippen molar-refractivity contribution in [2.75, 3.05) is 46.6 Å². The molecule has 0 aromatic carbocycles. The summed E-state index contributed by atoms with van der Waals surface area (Å²) >= 11 is 0. The summed E-state index contributed by atoms with van der Waals surface area (Å²) in [6.45, 7) is 0.949. The minimum absolute atomic E-state index is 0.0956. The molecule has 8 heteroatoms. The topological polar surface area (TPSA) is 108 Å². The number of carbonyl (C=O) groups excluding carboxylic acids is 1. The van der Waals surface area contributed by atoms with Crippen LogP contribution >= 0.6 is 0 Å². The number of aliphatic hydroxyl groups is 1. The minimum Gasteiger partial charge on any atom is -0.481 e. The number of aliphatic hydroxyl groups excluding tert-OH is 1. The van der Waals surface area contributed by atoms with Gasteiger partial charge in [0.2, 0.25) is 0 Å². The highest BCUT2D eigenvalue weighted by Crippen LogP contribution is 2.14. The standard InChI is InChI=1S/C11H20N2O6/c1-18-5-3-13(2-4-14)11(17)12-9-7-19-6-8(9)10(15)16/h8-9,14H,2-7H2,1H3,(H,12,17)(H,15,16). The van der Waals surface area contributed by atoms with Gasteiger partial charge in [-0.05, 0) is 0 Å². The number of carboxylic acids is 1. The fourth-order valence-corrected chi connectivity index (χ4v) is 1.83. The van der Waals surface area contributed by atoms with E-state index in [-0.39, 0.29) is 26.4 Å². The molecule has 110 valence electrons. The molecule has 0 aliphatic carbocycles. The van der Waals surface area contributed by atoms with Gasteiger partial charge in [-0.1, -0.05) is 0 Å². The van der Waals surface area contributed by atoms with Gasteiger partial charge in [0.15, 0.2) is 0 Å². The summed E-state index contributed by atoms with van der Waals surface area (Å²) in [4.78, 5) is 24.3. The Labute approximate surface area is 111 Å². The molecule has 0 saturated carbocycles. The molecule has 19 heavy (non-hydrogen) atoms. The lowest BCUT2D eigenvalue weighted by Gasteiger charge is -2.24. The van der Waals surface area contributed by atoms with Crippen molar-refractivity contribution < 1.29 is 29.3 Å². The van der Waals surface area contributed by atoms with Gasteiger partial charge in [0, 0.05) is 20.2 Å². The van der Waals surface area contributed by atoms with Crippen molar-refractivity contribution >= 4 is 12.0 Å². The van der Waals surface area contributed by atoms with Crippen molar-refractivity contribution in [1.82, 2.24) is 10.2 Å². The Kier molecular flexibility index (Phi) is 6.54. The van der Waals surface area contributed by atoms with Gasteiger partial charge in [0.05, 0.1) is 32.5 Å². The number of hydrogen-bond acceptors (Lipinski definition) is 5. The van der Waals surface area contributed by atoms with E-state index in [0.717, 1.165) is 0 Å². The molecule has 3 N–H and O–H groups in total. The van der Waals surface area contributed by atoms with Gasteiger partial charge in [-0.2, -0.15) is 0 Å². The summed E-state index contributed by atoms with van der Waals surface area (Å²) in [6.07, 6.45) is 0. The summed E-state index contributed by atoms with van der Waals surface area (Å²) in [5.74, 6) is -1.73. The van der Waals surface area contributed by atoms with Crippen molar-refractivity contribution in [3.63, 3.8) is 0 Å². The van der Waals surface area contributed by atoms with E-state index < -0.39 is 24.0 Å². The lowest BCUT2D eigenvalue weighted by atomic mass is 10.0. The van der Waals surface area contributed by atoms with E-state index in [1.165, 1.54) is 12.0 Å². The van der Waals surface area contributed by atoms with Crippen LogP contribution in [0.5, 0.6) is 0 Å². The van der Waals surface area contributed by atoms with Gasteiger partial charge in [-0.25, -0.2) is 4.79 Å². The second-order valence-corrected chi connectivity index (χ2v) is 4.24. The van der Waals surface area contributed by atoms with E-state index in [4.69, 9.17) is 19.7 Å². The number of aliphatic carboxylic acids is 1.